The molecule has 0 saturated carbocycles. The van der Waals surface area contributed by atoms with Crippen LogP contribution in [0.25, 0.3) is 0 Å². The summed E-state index contributed by atoms with van der Waals surface area (Å²) < 4.78 is 11.5. The minimum atomic E-state index is -0.404. The Morgan fingerprint density at radius 1 is 0.872 bits per heavy atom. The van der Waals surface area contributed by atoms with E-state index < -0.39 is 5.97 Å². The predicted octanol–water partition coefficient (Wildman–Crippen LogP) is 7.56. The van der Waals surface area contributed by atoms with Crippen molar-refractivity contribution in [2.45, 2.75) is 72.1 Å². The molecule has 1 atom stereocenters. The standard InChI is InChI=1S/C34H41NO4/c1-6-7-18-33(36)39-32-20-19-27(24-38-34(37)29-16-12-9-13-17-29)23-31(32)30(28-14-10-8-11-15-28)21-22-35(25(2)3)26(4)5/h7-20,23,25-26,30H,6,21-22,24H2,1-5H3/b18-7+. The number of ether oxygens (including phenoxy) is 2. The smallest absolute Gasteiger partial charge is 0.338 e. The third-order valence-corrected chi connectivity index (χ3v) is 6.73. The van der Waals surface area contributed by atoms with Crippen molar-refractivity contribution in [1.82, 2.24) is 4.90 Å². The zero-order valence-corrected chi connectivity index (χ0v) is 23.8. The Kier molecular flexibility index (Phi) is 11.5. The highest BCUT2D eigenvalue weighted by atomic mass is 16.5. The Hall–Kier alpha value is -3.70. The summed E-state index contributed by atoms with van der Waals surface area (Å²) in [7, 11) is 0. The summed E-state index contributed by atoms with van der Waals surface area (Å²) in [5.74, 6) is -0.275. The van der Waals surface area contributed by atoms with Gasteiger partial charge in [-0.25, -0.2) is 9.59 Å². The molecule has 3 rings (SSSR count). The van der Waals surface area contributed by atoms with Crippen molar-refractivity contribution in [3.05, 3.63) is 113 Å². The van der Waals surface area contributed by atoms with Crippen LogP contribution in [-0.4, -0.2) is 35.5 Å². The normalized spacial score (nSPS) is 12.3. The maximum atomic E-state index is 12.6. The fraction of sp³-hybridized carbons (Fsp3) is 0.353. The van der Waals surface area contributed by atoms with Crippen LogP contribution in [0.1, 0.15) is 80.4 Å². The number of rotatable bonds is 13. The first-order valence-electron chi connectivity index (χ1n) is 13.8. The molecular formula is C34H41NO4. The number of carbonyl (C=O) groups excluding carboxylic acids is 2. The lowest BCUT2D eigenvalue weighted by molar-refractivity contribution is -0.129. The molecule has 0 aliphatic heterocycles. The van der Waals surface area contributed by atoms with Gasteiger partial charge in [0.2, 0.25) is 0 Å². The van der Waals surface area contributed by atoms with E-state index in [4.69, 9.17) is 9.47 Å². The lowest BCUT2D eigenvalue weighted by Crippen LogP contribution is -2.38. The molecule has 0 spiro atoms. The molecule has 0 amide bonds. The van der Waals surface area contributed by atoms with E-state index in [-0.39, 0.29) is 18.5 Å². The van der Waals surface area contributed by atoms with Crippen LogP contribution >= 0.6 is 0 Å². The molecule has 3 aromatic rings. The number of hydrogen-bond acceptors (Lipinski definition) is 5. The highest BCUT2D eigenvalue weighted by Gasteiger charge is 2.23. The van der Waals surface area contributed by atoms with Gasteiger partial charge in [0.25, 0.3) is 0 Å². The minimum absolute atomic E-state index is 0.0195. The van der Waals surface area contributed by atoms with Gasteiger partial charge in [-0.05, 0) is 82.5 Å². The highest BCUT2D eigenvalue weighted by Crippen LogP contribution is 2.36. The van der Waals surface area contributed by atoms with E-state index in [1.807, 2.05) is 61.5 Å². The van der Waals surface area contributed by atoms with Gasteiger partial charge in [0.15, 0.2) is 0 Å². The first kappa shape index (κ1) is 29.9. The molecule has 0 aliphatic carbocycles. The van der Waals surface area contributed by atoms with Crippen LogP contribution in [0.3, 0.4) is 0 Å². The van der Waals surface area contributed by atoms with Crippen LogP contribution in [0.4, 0.5) is 0 Å². The van der Waals surface area contributed by atoms with Crippen molar-refractivity contribution >= 4 is 11.9 Å². The van der Waals surface area contributed by atoms with E-state index in [0.29, 0.717) is 23.4 Å². The zero-order chi connectivity index (χ0) is 28.2. The number of esters is 2. The molecule has 206 valence electrons. The van der Waals surface area contributed by atoms with Crippen LogP contribution in [0.2, 0.25) is 0 Å². The molecule has 0 heterocycles. The largest absolute Gasteiger partial charge is 0.457 e. The molecule has 3 aromatic carbocycles. The van der Waals surface area contributed by atoms with Crippen LogP contribution in [0.15, 0.2) is 91.0 Å². The number of nitrogens with zero attached hydrogens (tertiary/aromatic N) is 1. The van der Waals surface area contributed by atoms with E-state index in [1.165, 1.54) is 6.08 Å². The molecule has 0 radical (unpaired) electrons. The zero-order valence-electron chi connectivity index (χ0n) is 23.8. The van der Waals surface area contributed by atoms with Gasteiger partial charge in [-0.15, -0.1) is 0 Å². The van der Waals surface area contributed by atoms with Crippen molar-refractivity contribution in [2.24, 2.45) is 0 Å². The first-order valence-corrected chi connectivity index (χ1v) is 13.8. The fourth-order valence-electron chi connectivity index (χ4n) is 4.79. The van der Waals surface area contributed by atoms with Gasteiger partial charge < -0.3 is 9.47 Å². The van der Waals surface area contributed by atoms with Gasteiger partial charge in [-0.3, -0.25) is 4.90 Å². The van der Waals surface area contributed by atoms with E-state index in [9.17, 15) is 9.59 Å². The van der Waals surface area contributed by atoms with Crippen molar-refractivity contribution in [3.63, 3.8) is 0 Å². The van der Waals surface area contributed by atoms with Crippen LogP contribution in [-0.2, 0) is 16.1 Å². The minimum Gasteiger partial charge on any atom is -0.457 e. The Labute approximate surface area is 233 Å². The molecule has 5 nitrogen and oxygen atoms in total. The van der Waals surface area contributed by atoms with E-state index >= 15 is 0 Å². The Bertz CT molecular complexity index is 1210. The van der Waals surface area contributed by atoms with Crippen molar-refractivity contribution < 1.29 is 19.1 Å². The number of benzene rings is 3. The first-order chi connectivity index (χ1) is 18.8. The van der Waals surface area contributed by atoms with Crippen molar-refractivity contribution in [2.75, 3.05) is 6.54 Å². The fourth-order valence-corrected chi connectivity index (χ4v) is 4.79. The topological polar surface area (TPSA) is 55.8 Å². The SMILES string of the molecule is CC/C=C/C(=O)Oc1ccc(COC(=O)c2ccccc2)cc1C(CCN(C(C)C)C(C)C)c1ccccc1. The van der Waals surface area contributed by atoms with Crippen molar-refractivity contribution in [1.29, 1.82) is 0 Å². The summed E-state index contributed by atoms with van der Waals surface area (Å²) in [4.78, 5) is 27.6. The van der Waals surface area contributed by atoms with Gasteiger partial charge >= 0.3 is 11.9 Å². The molecule has 0 aliphatic rings. The molecule has 1 unspecified atom stereocenters. The van der Waals surface area contributed by atoms with Gasteiger partial charge in [0.05, 0.1) is 5.56 Å². The van der Waals surface area contributed by atoms with E-state index in [2.05, 4.69) is 44.7 Å². The monoisotopic (exact) mass is 527 g/mol. The van der Waals surface area contributed by atoms with Gasteiger partial charge in [0.1, 0.15) is 12.4 Å². The Balaban J connectivity index is 1.97. The van der Waals surface area contributed by atoms with Crippen LogP contribution < -0.4 is 4.74 Å². The second-order valence-electron chi connectivity index (χ2n) is 10.2. The van der Waals surface area contributed by atoms with Gasteiger partial charge in [-0.1, -0.05) is 67.6 Å². The van der Waals surface area contributed by atoms with Gasteiger partial charge in [0, 0.05) is 29.6 Å². The quantitative estimate of drug-likeness (QED) is 0.130. The maximum Gasteiger partial charge on any atom is 0.338 e. The molecule has 0 fully saturated rings. The number of hydrogen-bond donors (Lipinski definition) is 0. The van der Waals surface area contributed by atoms with Crippen LogP contribution in [0, 0.1) is 0 Å². The molecule has 0 N–H and O–H groups in total. The molecule has 0 bridgehead atoms. The summed E-state index contributed by atoms with van der Waals surface area (Å²) in [6, 6.07) is 25.8. The number of allylic oxidation sites excluding steroid dienone is 1. The summed E-state index contributed by atoms with van der Waals surface area (Å²) in [5, 5.41) is 0. The summed E-state index contributed by atoms with van der Waals surface area (Å²) in [6.45, 7) is 11.8. The Morgan fingerprint density at radius 3 is 2.13 bits per heavy atom. The Morgan fingerprint density at radius 2 is 1.51 bits per heavy atom. The highest BCUT2D eigenvalue weighted by molar-refractivity contribution is 5.89. The average molecular weight is 528 g/mol. The van der Waals surface area contributed by atoms with E-state index in [0.717, 1.165) is 36.1 Å². The summed E-state index contributed by atoms with van der Waals surface area (Å²) >= 11 is 0. The average Bonchev–Trinajstić information content (AvgIpc) is 2.94. The van der Waals surface area contributed by atoms with E-state index in [1.54, 1.807) is 18.2 Å². The molecule has 0 aromatic heterocycles. The molecule has 39 heavy (non-hydrogen) atoms. The third-order valence-electron chi connectivity index (χ3n) is 6.73. The second-order valence-corrected chi connectivity index (χ2v) is 10.2. The predicted molar refractivity (Wildman–Crippen MR) is 157 cm³/mol. The van der Waals surface area contributed by atoms with Crippen LogP contribution in [0.5, 0.6) is 5.75 Å². The summed E-state index contributed by atoms with van der Waals surface area (Å²) in [6.07, 6.45) is 4.84. The lowest BCUT2D eigenvalue weighted by Gasteiger charge is -2.32. The second kappa shape index (κ2) is 15.0. The molecule has 5 heteroatoms. The summed E-state index contributed by atoms with van der Waals surface area (Å²) in [5.41, 5.74) is 3.39. The number of carbonyl (C=O) groups is 2. The van der Waals surface area contributed by atoms with Gasteiger partial charge in [-0.2, -0.15) is 0 Å². The molecular weight excluding hydrogens is 486 g/mol. The molecule has 0 saturated heterocycles. The third kappa shape index (κ3) is 8.93. The van der Waals surface area contributed by atoms with Crippen molar-refractivity contribution in [3.8, 4) is 5.75 Å². The lowest BCUT2D eigenvalue weighted by atomic mass is 9.86. The maximum absolute atomic E-state index is 12.6.